The summed E-state index contributed by atoms with van der Waals surface area (Å²) >= 11 is 0. The second-order valence-corrected chi connectivity index (χ2v) is 4.01. The highest BCUT2D eigenvalue weighted by Gasteiger charge is 2.31. The van der Waals surface area contributed by atoms with Crippen molar-refractivity contribution in [2.24, 2.45) is 0 Å². The van der Waals surface area contributed by atoms with Gasteiger partial charge in [0.15, 0.2) is 0 Å². The van der Waals surface area contributed by atoms with Crippen LogP contribution >= 0.6 is 0 Å². The standard InChI is InChI=1S/C10H21F3N2/c1-5-6-14-8(2)9(3)15(4)7-10(11,12)13/h8-9,14H,5-7H2,1-4H3. The van der Waals surface area contributed by atoms with Gasteiger partial charge < -0.3 is 5.32 Å². The number of hydrogen-bond donors (Lipinski definition) is 1. The minimum absolute atomic E-state index is 0.0669. The van der Waals surface area contributed by atoms with Crippen LogP contribution in [0.1, 0.15) is 27.2 Å². The van der Waals surface area contributed by atoms with Crippen molar-refractivity contribution in [3.8, 4) is 0 Å². The Morgan fingerprint density at radius 2 is 1.80 bits per heavy atom. The van der Waals surface area contributed by atoms with E-state index < -0.39 is 12.7 Å². The lowest BCUT2D eigenvalue weighted by atomic mass is 10.1. The molecule has 15 heavy (non-hydrogen) atoms. The molecule has 0 aliphatic rings. The quantitative estimate of drug-likeness (QED) is 0.747. The Kier molecular flexibility index (Phi) is 6.20. The van der Waals surface area contributed by atoms with Crippen LogP contribution in [0, 0.1) is 0 Å². The summed E-state index contributed by atoms with van der Waals surface area (Å²) in [5.74, 6) is 0. The largest absolute Gasteiger partial charge is 0.401 e. The maximum absolute atomic E-state index is 12.1. The van der Waals surface area contributed by atoms with E-state index in [0.29, 0.717) is 0 Å². The molecule has 5 heteroatoms. The van der Waals surface area contributed by atoms with Crippen molar-refractivity contribution in [1.29, 1.82) is 0 Å². The monoisotopic (exact) mass is 226 g/mol. The molecule has 0 bridgehead atoms. The topological polar surface area (TPSA) is 15.3 Å². The van der Waals surface area contributed by atoms with Crippen molar-refractivity contribution in [2.45, 2.75) is 45.5 Å². The second kappa shape index (κ2) is 6.33. The first kappa shape index (κ1) is 14.7. The van der Waals surface area contributed by atoms with Crippen LogP contribution in [-0.4, -0.2) is 43.3 Å². The van der Waals surface area contributed by atoms with Crippen LogP contribution in [0.2, 0.25) is 0 Å². The van der Waals surface area contributed by atoms with Gasteiger partial charge in [0.2, 0.25) is 0 Å². The zero-order chi connectivity index (χ0) is 12.1. The summed E-state index contributed by atoms with van der Waals surface area (Å²) < 4.78 is 36.4. The van der Waals surface area contributed by atoms with E-state index in [9.17, 15) is 13.2 Å². The maximum Gasteiger partial charge on any atom is 0.401 e. The van der Waals surface area contributed by atoms with Crippen LogP contribution in [0.25, 0.3) is 0 Å². The summed E-state index contributed by atoms with van der Waals surface area (Å²) in [5, 5.41) is 3.19. The Morgan fingerprint density at radius 1 is 1.27 bits per heavy atom. The number of nitrogens with one attached hydrogen (secondary N) is 1. The van der Waals surface area contributed by atoms with Gasteiger partial charge in [0.05, 0.1) is 6.54 Å². The summed E-state index contributed by atoms with van der Waals surface area (Å²) in [6.45, 7) is 5.73. The van der Waals surface area contributed by atoms with Gasteiger partial charge in [-0.2, -0.15) is 13.2 Å². The third kappa shape index (κ3) is 6.73. The number of nitrogens with zero attached hydrogens (tertiary/aromatic N) is 1. The molecule has 0 heterocycles. The van der Waals surface area contributed by atoms with Crippen LogP contribution in [0.3, 0.4) is 0 Å². The van der Waals surface area contributed by atoms with E-state index in [2.05, 4.69) is 5.32 Å². The number of rotatable bonds is 6. The zero-order valence-electron chi connectivity index (χ0n) is 9.86. The molecular weight excluding hydrogens is 205 g/mol. The first-order valence-corrected chi connectivity index (χ1v) is 5.28. The fourth-order valence-corrected chi connectivity index (χ4v) is 1.35. The minimum atomic E-state index is -4.12. The SMILES string of the molecule is CCCNC(C)C(C)N(C)CC(F)(F)F. The molecule has 0 rings (SSSR count). The molecule has 0 spiro atoms. The van der Waals surface area contributed by atoms with Gasteiger partial charge in [-0.05, 0) is 33.9 Å². The molecule has 0 amide bonds. The summed E-state index contributed by atoms with van der Waals surface area (Å²) in [5.41, 5.74) is 0. The highest BCUT2D eigenvalue weighted by molar-refractivity contribution is 4.77. The Balaban J connectivity index is 4.01. The smallest absolute Gasteiger partial charge is 0.313 e. The molecule has 0 fully saturated rings. The summed E-state index contributed by atoms with van der Waals surface area (Å²) in [7, 11) is 1.50. The van der Waals surface area contributed by atoms with Crippen molar-refractivity contribution in [2.75, 3.05) is 20.1 Å². The van der Waals surface area contributed by atoms with Crippen molar-refractivity contribution in [1.82, 2.24) is 10.2 Å². The molecule has 0 aromatic carbocycles. The van der Waals surface area contributed by atoms with Crippen molar-refractivity contribution < 1.29 is 13.2 Å². The zero-order valence-corrected chi connectivity index (χ0v) is 9.86. The second-order valence-electron chi connectivity index (χ2n) is 4.01. The van der Waals surface area contributed by atoms with Gasteiger partial charge in [-0.15, -0.1) is 0 Å². The van der Waals surface area contributed by atoms with Crippen molar-refractivity contribution in [3.63, 3.8) is 0 Å². The highest BCUT2D eigenvalue weighted by Crippen LogP contribution is 2.17. The van der Waals surface area contributed by atoms with Gasteiger partial charge in [0.1, 0.15) is 0 Å². The van der Waals surface area contributed by atoms with Crippen molar-refractivity contribution >= 4 is 0 Å². The van der Waals surface area contributed by atoms with E-state index in [1.807, 2.05) is 13.8 Å². The van der Waals surface area contributed by atoms with Crippen LogP contribution in [0.5, 0.6) is 0 Å². The predicted octanol–water partition coefficient (Wildman–Crippen LogP) is 2.26. The average Bonchev–Trinajstić information content (AvgIpc) is 2.10. The number of hydrogen-bond acceptors (Lipinski definition) is 2. The Labute approximate surface area is 89.8 Å². The minimum Gasteiger partial charge on any atom is -0.313 e. The Hall–Kier alpha value is -0.290. The highest BCUT2D eigenvalue weighted by atomic mass is 19.4. The van der Waals surface area contributed by atoms with Crippen LogP contribution in [-0.2, 0) is 0 Å². The Bertz CT molecular complexity index is 171. The van der Waals surface area contributed by atoms with Gasteiger partial charge in [0, 0.05) is 12.1 Å². The van der Waals surface area contributed by atoms with E-state index in [1.165, 1.54) is 11.9 Å². The molecule has 0 aliphatic carbocycles. The fraction of sp³-hybridized carbons (Fsp3) is 1.00. The molecule has 0 aromatic heterocycles. The third-order valence-electron chi connectivity index (χ3n) is 2.56. The summed E-state index contributed by atoms with van der Waals surface area (Å²) in [6, 6.07) is -0.0597. The molecule has 1 N–H and O–H groups in total. The normalized spacial score (nSPS) is 16.8. The van der Waals surface area contributed by atoms with Crippen LogP contribution < -0.4 is 5.32 Å². The molecule has 0 saturated heterocycles. The maximum atomic E-state index is 12.1. The van der Waals surface area contributed by atoms with E-state index >= 15 is 0 Å². The Morgan fingerprint density at radius 3 is 2.20 bits per heavy atom. The van der Waals surface area contributed by atoms with Gasteiger partial charge in [-0.3, -0.25) is 4.90 Å². The predicted molar refractivity (Wildman–Crippen MR) is 55.9 cm³/mol. The molecule has 2 nitrogen and oxygen atoms in total. The van der Waals surface area contributed by atoms with E-state index in [0.717, 1.165) is 13.0 Å². The molecule has 2 atom stereocenters. The van der Waals surface area contributed by atoms with Crippen molar-refractivity contribution in [3.05, 3.63) is 0 Å². The van der Waals surface area contributed by atoms with E-state index in [1.54, 1.807) is 6.92 Å². The molecule has 2 unspecified atom stereocenters. The van der Waals surface area contributed by atoms with E-state index in [-0.39, 0.29) is 12.1 Å². The van der Waals surface area contributed by atoms with Crippen LogP contribution in [0.15, 0.2) is 0 Å². The molecule has 0 saturated carbocycles. The van der Waals surface area contributed by atoms with Gasteiger partial charge in [-0.1, -0.05) is 6.92 Å². The molecule has 0 aliphatic heterocycles. The lowest BCUT2D eigenvalue weighted by molar-refractivity contribution is -0.147. The first-order chi connectivity index (χ1) is 6.78. The fourth-order valence-electron chi connectivity index (χ4n) is 1.35. The molecule has 0 aromatic rings. The lowest BCUT2D eigenvalue weighted by Crippen LogP contribution is -2.48. The number of likely N-dealkylation sites (N-methyl/N-ethyl adjacent to an activating group) is 1. The van der Waals surface area contributed by atoms with E-state index in [4.69, 9.17) is 0 Å². The first-order valence-electron chi connectivity index (χ1n) is 5.28. The summed E-state index contributed by atoms with van der Waals surface area (Å²) in [6.07, 6.45) is -3.13. The molecular formula is C10H21F3N2. The van der Waals surface area contributed by atoms with Gasteiger partial charge in [-0.25, -0.2) is 0 Å². The third-order valence-corrected chi connectivity index (χ3v) is 2.56. The summed E-state index contributed by atoms with van der Waals surface area (Å²) in [4.78, 5) is 1.33. The van der Waals surface area contributed by atoms with Gasteiger partial charge in [0.25, 0.3) is 0 Å². The molecule has 0 radical (unpaired) electrons. The molecule has 92 valence electrons. The van der Waals surface area contributed by atoms with Gasteiger partial charge >= 0.3 is 6.18 Å². The lowest BCUT2D eigenvalue weighted by Gasteiger charge is -2.30. The average molecular weight is 226 g/mol. The number of halogens is 3. The van der Waals surface area contributed by atoms with Crippen LogP contribution in [0.4, 0.5) is 13.2 Å². The number of alkyl halides is 3.